The summed E-state index contributed by atoms with van der Waals surface area (Å²) in [5, 5.41) is 21.4. The van der Waals surface area contributed by atoms with Gasteiger partial charge in [0, 0.05) is 20.2 Å². The van der Waals surface area contributed by atoms with E-state index in [4.69, 9.17) is 0 Å². The molecule has 0 aliphatic carbocycles. The van der Waals surface area contributed by atoms with E-state index in [9.17, 15) is 10.1 Å². The smallest absolute Gasteiger partial charge is 0.324 e. The minimum absolute atomic E-state index is 0.101. The Hall–Kier alpha value is -1.96. The Bertz CT molecular complexity index is 532. The lowest BCUT2D eigenvalue weighted by Gasteiger charge is -1.99. The SMILES string of the molecule is CNc1nnc(-c2ccc([N+](=O)[O-])s2)n1C. The molecule has 0 atom stereocenters. The predicted octanol–water partition coefficient (Wildman–Crippen LogP) is 1.49. The van der Waals surface area contributed by atoms with Crippen molar-refractivity contribution < 1.29 is 4.92 Å². The quantitative estimate of drug-likeness (QED) is 0.647. The molecule has 0 fully saturated rings. The number of nitro groups is 1. The van der Waals surface area contributed by atoms with Gasteiger partial charge in [-0.05, 0) is 6.07 Å². The van der Waals surface area contributed by atoms with Gasteiger partial charge in [0.2, 0.25) is 5.95 Å². The number of nitrogens with one attached hydrogen (secondary N) is 1. The van der Waals surface area contributed by atoms with E-state index in [1.165, 1.54) is 6.07 Å². The van der Waals surface area contributed by atoms with Crippen molar-refractivity contribution >= 4 is 22.3 Å². The standard InChI is InChI=1S/C8H9N5O2S/c1-9-8-11-10-7(12(8)2)5-3-4-6(16-5)13(14)15/h3-4H,1-2H3,(H,9,11). The Morgan fingerprint density at radius 3 is 2.75 bits per heavy atom. The molecule has 0 aromatic carbocycles. The van der Waals surface area contributed by atoms with Gasteiger partial charge in [0.15, 0.2) is 5.82 Å². The van der Waals surface area contributed by atoms with E-state index in [2.05, 4.69) is 15.5 Å². The van der Waals surface area contributed by atoms with E-state index in [0.717, 1.165) is 16.2 Å². The molecule has 2 aromatic heterocycles. The zero-order valence-corrected chi connectivity index (χ0v) is 9.48. The van der Waals surface area contributed by atoms with Crippen LogP contribution >= 0.6 is 11.3 Å². The monoisotopic (exact) mass is 239 g/mol. The summed E-state index contributed by atoms with van der Waals surface area (Å²) in [6, 6.07) is 3.14. The largest absolute Gasteiger partial charge is 0.357 e. The molecule has 0 saturated heterocycles. The Morgan fingerprint density at radius 2 is 2.25 bits per heavy atom. The maximum Gasteiger partial charge on any atom is 0.324 e. The average Bonchev–Trinajstić information content (AvgIpc) is 2.83. The first-order chi connectivity index (χ1) is 7.63. The highest BCUT2D eigenvalue weighted by atomic mass is 32.1. The van der Waals surface area contributed by atoms with Crippen molar-refractivity contribution in [3.63, 3.8) is 0 Å². The molecule has 1 N–H and O–H groups in total. The highest BCUT2D eigenvalue weighted by molar-refractivity contribution is 7.18. The zero-order valence-electron chi connectivity index (χ0n) is 8.67. The third-order valence-corrected chi connectivity index (χ3v) is 3.12. The summed E-state index contributed by atoms with van der Waals surface area (Å²) in [6.07, 6.45) is 0. The van der Waals surface area contributed by atoms with Crippen LogP contribution in [0.4, 0.5) is 10.9 Å². The number of thiophene rings is 1. The van der Waals surface area contributed by atoms with Gasteiger partial charge < -0.3 is 5.32 Å². The van der Waals surface area contributed by atoms with Crippen molar-refractivity contribution in [3.05, 3.63) is 22.2 Å². The molecule has 0 bridgehead atoms. The fourth-order valence-corrected chi connectivity index (χ4v) is 2.15. The molecule has 2 rings (SSSR count). The van der Waals surface area contributed by atoms with Crippen molar-refractivity contribution in [3.8, 4) is 10.7 Å². The van der Waals surface area contributed by atoms with Crippen molar-refractivity contribution in [2.24, 2.45) is 7.05 Å². The van der Waals surface area contributed by atoms with Crippen LogP contribution in [0.2, 0.25) is 0 Å². The van der Waals surface area contributed by atoms with Gasteiger partial charge in [-0.25, -0.2) is 0 Å². The van der Waals surface area contributed by atoms with Crippen LogP contribution in [0.15, 0.2) is 12.1 Å². The second kappa shape index (κ2) is 3.89. The molecular formula is C8H9N5O2S. The van der Waals surface area contributed by atoms with Gasteiger partial charge >= 0.3 is 5.00 Å². The number of hydrogen-bond acceptors (Lipinski definition) is 6. The molecule has 16 heavy (non-hydrogen) atoms. The van der Waals surface area contributed by atoms with Gasteiger partial charge in [-0.1, -0.05) is 11.3 Å². The molecule has 2 heterocycles. The first-order valence-corrected chi connectivity index (χ1v) is 5.27. The van der Waals surface area contributed by atoms with Crippen LogP contribution < -0.4 is 5.32 Å². The molecule has 84 valence electrons. The summed E-state index contributed by atoms with van der Waals surface area (Å²) >= 11 is 1.08. The second-order valence-corrected chi connectivity index (χ2v) is 4.11. The van der Waals surface area contributed by atoms with Crippen molar-refractivity contribution in [2.75, 3.05) is 12.4 Å². The molecule has 8 heteroatoms. The van der Waals surface area contributed by atoms with Gasteiger partial charge in [-0.2, -0.15) is 0 Å². The number of hydrogen-bond donors (Lipinski definition) is 1. The highest BCUT2D eigenvalue weighted by Gasteiger charge is 2.16. The predicted molar refractivity (Wildman–Crippen MR) is 60.5 cm³/mol. The Kier molecular flexibility index (Phi) is 2.57. The summed E-state index contributed by atoms with van der Waals surface area (Å²) in [5.41, 5.74) is 0. The molecule has 0 saturated carbocycles. The number of rotatable bonds is 3. The normalized spacial score (nSPS) is 10.4. The van der Waals surface area contributed by atoms with Crippen molar-refractivity contribution in [1.29, 1.82) is 0 Å². The first-order valence-electron chi connectivity index (χ1n) is 4.45. The lowest BCUT2D eigenvalue weighted by atomic mass is 10.4. The lowest BCUT2D eigenvalue weighted by molar-refractivity contribution is -0.380. The molecule has 0 aliphatic heterocycles. The van der Waals surface area contributed by atoms with Crippen LogP contribution in [0.5, 0.6) is 0 Å². The third-order valence-electron chi connectivity index (χ3n) is 2.09. The molecule has 0 radical (unpaired) electrons. The van der Waals surface area contributed by atoms with Gasteiger partial charge in [-0.15, -0.1) is 10.2 Å². The highest BCUT2D eigenvalue weighted by Crippen LogP contribution is 2.31. The maximum atomic E-state index is 10.6. The van der Waals surface area contributed by atoms with Crippen LogP contribution in [0, 0.1) is 10.1 Å². The van der Waals surface area contributed by atoms with Gasteiger partial charge in [0.1, 0.15) is 0 Å². The minimum Gasteiger partial charge on any atom is -0.357 e. The Labute approximate surface area is 94.9 Å². The van der Waals surface area contributed by atoms with E-state index in [1.807, 2.05) is 0 Å². The van der Waals surface area contributed by atoms with E-state index >= 15 is 0 Å². The van der Waals surface area contributed by atoms with Crippen LogP contribution in [0.1, 0.15) is 0 Å². The van der Waals surface area contributed by atoms with E-state index < -0.39 is 4.92 Å². The van der Waals surface area contributed by atoms with Gasteiger partial charge in [-0.3, -0.25) is 14.7 Å². The van der Waals surface area contributed by atoms with Crippen LogP contribution in [-0.4, -0.2) is 26.7 Å². The van der Waals surface area contributed by atoms with Crippen molar-refractivity contribution in [1.82, 2.24) is 14.8 Å². The molecule has 0 aliphatic rings. The summed E-state index contributed by atoms with van der Waals surface area (Å²) in [6.45, 7) is 0. The number of nitrogens with zero attached hydrogens (tertiary/aromatic N) is 4. The molecular weight excluding hydrogens is 230 g/mol. The fraction of sp³-hybridized carbons (Fsp3) is 0.250. The molecule has 7 nitrogen and oxygen atoms in total. The maximum absolute atomic E-state index is 10.6. The number of aromatic nitrogens is 3. The van der Waals surface area contributed by atoms with E-state index in [-0.39, 0.29) is 5.00 Å². The van der Waals surface area contributed by atoms with E-state index in [1.54, 1.807) is 24.7 Å². The molecule has 0 unspecified atom stereocenters. The molecule has 0 spiro atoms. The number of anilines is 1. The molecule has 0 amide bonds. The topological polar surface area (TPSA) is 85.9 Å². The Balaban J connectivity index is 2.42. The lowest BCUT2D eigenvalue weighted by Crippen LogP contribution is -1.98. The van der Waals surface area contributed by atoms with Crippen LogP contribution in [0.25, 0.3) is 10.7 Å². The third kappa shape index (κ3) is 1.63. The van der Waals surface area contributed by atoms with Gasteiger partial charge in [0.25, 0.3) is 0 Å². The van der Waals surface area contributed by atoms with Crippen LogP contribution in [0.3, 0.4) is 0 Å². The summed E-state index contributed by atoms with van der Waals surface area (Å²) in [7, 11) is 3.54. The van der Waals surface area contributed by atoms with Gasteiger partial charge in [0.05, 0.1) is 9.80 Å². The zero-order chi connectivity index (χ0) is 11.7. The average molecular weight is 239 g/mol. The minimum atomic E-state index is -0.413. The fourth-order valence-electron chi connectivity index (χ4n) is 1.31. The second-order valence-electron chi connectivity index (χ2n) is 3.05. The Morgan fingerprint density at radius 1 is 1.50 bits per heavy atom. The van der Waals surface area contributed by atoms with E-state index in [0.29, 0.717) is 11.8 Å². The summed E-state index contributed by atoms with van der Waals surface area (Å²) in [4.78, 5) is 10.9. The summed E-state index contributed by atoms with van der Waals surface area (Å²) in [5.74, 6) is 1.23. The van der Waals surface area contributed by atoms with Crippen molar-refractivity contribution in [2.45, 2.75) is 0 Å². The first kappa shape index (κ1) is 10.6. The van der Waals surface area contributed by atoms with Crippen LogP contribution in [-0.2, 0) is 7.05 Å². The molecule has 2 aromatic rings. The summed E-state index contributed by atoms with van der Waals surface area (Å²) < 4.78 is 1.75.